The number of ether oxygens (including phenoxy) is 3. The highest BCUT2D eigenvalue weighted by Gasteiger charge is 2.39. The molecule has 0 radical (unpaired) electrons. The molecule has 55 heavy (non-hydrogen) atoms. The Hall–Kier alpha value is -4.94. The molecule has 2 fully saturated rings. The molecule has 4 heterocycles. The lowest BCUT2D eigenvalue weighted by Gasteiger charge is -2.41. The van der Waals surface area contributed by atoms with Crippen LogP contribution in [-0.4, -0.2) is 91.5 Å². The Labute approximate surface area is 327 Å². The summed E-state index contributed by atoms with van der Waals surface area (Å²) in [5.41, 5.74) is 1.50. The third-order valence-electron chi connectivity index (χ3n) is 9.34. The fourth-order valence-corrected chi connectivity index (χ4v) is 6.41. The Balaban J connectivity index is 0.000000285. The van der Waals surface area contributed by atoms with Crippen LogP contribution in [0.25, 0.3) is 22.8 Å². The van der Waals surface area contributed by atoms with Gasteiger partial charge in [0.05, 0.1) is 11.2 Å². The predicted molar refractivity (Wildman–Crippen MR) is 215 cm³/mol. The summed E-state index contributed by atoms with van der Waals surface area (Å²) in [6.07, 6.45) is 8.71. The first-order valence-corrected chi connectivity index (χ1v) is 18.1. The van der Waals surface area contributed by atoms with E-state index >= 15 is 0 Å². The van der Waals surface area contributed by atoms with Crippen molar-refractivity contribution in [2.24, 2.45) is 0 Å². The highest BCUT2D eigenvalue weighted by atomic mass is 16.6. The smallest absolute Gasteiger partial charge is 0.410 e. The number of hydrogen-bond acceptors (Lipinski definition) is 10. The van der Waals surface area contributed by atoms with Crippen molar-refractivity contribution >= 4 is 12.2 Å². The van der Waals surface area contributed by atoms with Gasteiger partial charge in [-0.25, -0.2) is 29.5 Å². The summed E-state index contributed by atoms with van der Waals surface area (Å²) in [6.45, 7) is 13.3. The highest BCUT2D eigenvalue weighted by Crippen LogP contribution is 2.38. The summed E-state index contributed by atoms with van der Waals surface area (Å²) in [4.78, 5) is 44.9. The van der Waals surface area contributed by atoms with E-state index in [1.54, 1.807) is 53.8 Å². The number of aliphatic hydroxyl groups is 1. The van der Waals surface area contributed by atoms with Crippen LogP contribution in [0.2, 0.25) is 0 Å². The Morgan fingerprint density at radius 1 is 0.600 bits per heavy atom. The third kappa shape index (κ3) is 11.8. The lowest BCUT2D eigenvalue weighted by Crippen LogP contribution is -2.47. The molecule has 0 unspecified atom stereocenters. The monoisotopic (exact) mass is 756 g/mol. The van der Waals surface area contributed by atoms with Crippen molar-refractivity contribution in [3.05, 3.63) is 96.6 Å². The van der Waals surface area contributed by atoms with Crippen molar-refractivity contribution in [3.63, 3.8) is 0 Å². The number of likely N-dealkylation sites (tertiary alicyclic amines) is 2. The Bertz CT molecular complexity index is 1780. The summed E-state index contributed by atoms with van der Waals surface area (Å²) < 4.78 is 16.8. The molecule has 2 amide bonds. The Morgan fingerprint density at radius 2 is 0.945 bits per heavy atom. The van der Waals surface area contributed by atoms with Gasteiger partial charge in [0, 0.05) is 69.2 Å². The minimum absolute atomic E-state index is 0. The van der Waals surface area contributed by atoms with Crippen molar-refractivity contribution < 1.29 is 28.9 Å². The number of nitrogens with zero attached hydrogens (tertiary/aromatic N) is 6. The Kier molecular flexibility index (Phi) is 15.0. The third-order valence-corrected chi connectivity index (χ3v) is 9.34. The first kappa shape index (κ1) is 44.5. The standard InChI is InChI=1S/C21H27N3O3.C20H25N3O3.2CH4/c1-20(2,3)27-19(25)24-14-10-21(26-4,11-15-24)17-8-6-16(7-9-17)18-22-12-5-13-23-18;1-19(2,3)26-18(24)23-13-9-20(25,10-14-23)16-7-5-15(6-8-16)17-21-11-4-12-22-17;;/h5-9,12-13H,10-11,14-15H2,1-4H3;4-8,11-12,25H,9-10,13-14H2,1-3H3;2*1H4. The average molecular weight is 757 g/mol. The van der Waals surface area contributed by atoms with E-state index in [0.717, 1.165) is 35.1 Å². The minimum Gasteiger partial charge on any atom is -0.444 e. The van der Waals surface area contributed by atoms with Gasteiger partial charge in [-0.3, -0.25) is 0 Å². The average Bonchev–Trinajstić information content (AvgIpc) is 3.15. The normalized spacial score (nSPS) is 16.3. The number of piperidine rings is 2. The van der Waals surface area contributed by atoms with Gasteiger partial charge in [-0.2, -0.15) is 0 Å². The molecule has 0 bridgehead atoms. The first-order valence-electron chi connectivity index (χ1n) is 18.1. The van der Waals surface area contributed by atoms with Crippen LogP contribution in [0, 0.1) is 0 Å². The summed E-state index contributed by atoms with van der Waals surface area (Å²) in [5.74, 6) is 1.36. The molecule has 4 aromatic rings. The van der Waals surface area contributed by atoms with Crippen molar-refractivity contribution in [1.29, 1.82) is 0 Å². The number of hydrogen-bond donors (Lipinski definition) is 1. The summed E-state index contributed by atoms with van der Waals surface area (Å²) in [6, 6.07) is 19.4. The molecule has 12 nitrogen and oxygen atoms in total. The fourth-order valence-electron chi connectivity index (χ4n) is 6.41. The van der Waals surface area contributed by atoms with Crippen LogP contribution in [0.15, 0.2) is 85.5 Å². The second-order valence-corrected chi connectivity index (χ2v) is 15.5. The maximum Gasteiger partial charge on any atom is 0.410 e. The quantitative estimate of drug-likeness (QED) is 0.210. The van der Waals surface area contributed by atoms with Gasteiger partial charge in [-0.1, -0.05) is 63.4 Å². The van der Waals surface area contributed by atoms with Gasteiger partial charge < -0.3 is 29.1 Å². The van der Waals surface area contributed by atoms with Gasteiger partial charge in [0.15, 0.2) is 11.6 Å². The van der Waals surface area contributed by atoms with Crippen molar-refractivity contribution in [2.75, 3.05) is 33.3 Å². The van der Waals surface area contributed by atoms with Crippen LogP contribution in [0.4, 0.5) is 9.59 Å². The molecular weight excluding hydrogens is 697 g/mol. The topological polar surface area (TPSA) is 140 Å². The fraction of sp³-hybridized carbons (Fsp3) is 0.488. The summed E-state index contributed by atoms with van der Waals surface area (Å²) in [5, 5.41) is 11.0. The van der Waals surface area contributed by atoms with Crippen LogP contribution >= 0.6 is 0 Å². The molecule has 2 aromatic carbocycles. The molecule has 2 aromatic heterocycles. The predicted octanol–water partition coefficient (Wildman–Crippen LogP) is 8.65. The molecule has 0 atom stereocenters. The molecule has 0 saturated carbocycles. The Morgan fingerprint density at radius 3 is 1.29 bits per heavy atom. The van der Waals surface area contributed by atoms with Crippen molar-refractivity contribution in [1.82, 2.24) is 29.7 Å². The van der Waals surface area contributed by atoms with Gasteiger partial charge in [-0.15, -0.1) is 0 Å². The molecule has 2 saturated heterocycles. The zero-order chi connectivity index (χ0) is 38.3. The number of amides is 2. The summed E-state index contributed by atoms with van der Waals surface area (Å²) >= 11 is 0. The zero-order valence-corrected chi connectivity index (χ0v) is 31.9. The molecule has 0 aliphatic carbocycles. The molecular formula is C43H60N6O6. The lowest BCUT2D eigenvalue weighted by molar-refractivity contribution is -0.0651. The maximum atomic E-state index is 12.3. The second-order valence-electron chi connectivity index (χ2n) is 15.5. The van der Waals surface area contributed by atoms with Gasteiger partial charge in [0.1, 0.15) is 11.2 Å². The van der Waals surface area contributed by atoms with Crippen LogP contribution in [0.3, 0.4) is 0 Å². The molecule has 0 spiro atoms. The second kappa shape index (κ2) is 18.6. The molecule has 12 heteroatoms. The molecule has 1 N–H and O–H groups in total. The van der Waals surface area contributed by atoms with Crippen molar-refractivity contribution in [2.45, 2.75) is 104 Å². The largest absolute Gasteiger partial charge is 0.444 e. The van der Waals surface area contributed by atoms with Crippen LogP contribution < -0.4 is 0 Å². The number of rotatable bonds is 5. The van der Waals surface area contributed by atoms with Crippen molar-refractivity contribution in [3.8, 4) is 22.8 Å². The molecule has 2 aliphatic rings. The maximum absolute atomic E-state index is 12.3. The van der Waals surface area contributed by atoms with Gasteiger partial charge >= 0.3 is 12.2 Å². The number of carbonyl (C=O) groups excluding carboxylic acids is 2. The highest BCUT2D eigenvalue weighted by molar-refractivity contribution is 5.69. The minimum atomic E-state index is -0.936. The molecule has 6 rings (SSSR count). The lowest BCUT2D eigenvalue weighted by atomic mass is 9.84. The van der Waals surface area contributed by atoms with Crippen LogP contribution in [-0.2, 0) is 25.4 Å². The number of benzene rings is 2. The molecule has 298 valence electrons. The number of aromatic nitrogens is 4. The van der Waals surface area contributed by atoms with Gasteiger partial charge in [0.25, 0.3) is 0 Å². The number of methoxy groups -OCH3 is 1. The van der Waals surface area contributed by atoms with Gasteiger partial charge in [0.2, 0.25) is 0 Å². The van der Waals surface area contributed by atoms with E-state index in [9.17, 15) is 14.7 Å². The van der Waals surface area contributed by atoms with E-state index < -0.39 is 22.4 Å². The SMILES string of the molecule is C.C.CC(C)(C)OC(=O)N1CCC(O)(c2ccc(-c3ncccn3)cc2)CC1.COC1(c2ccc(-c3ncccn3)cc2)CCN(C(=O)OC(C)(C)C)CC1. The van der Waals surface area contributed by atoms with Gasteiger partial charge in [-0.05, 0) is 90.5 Å². The zero-order valence-electron chi connectivity index (χ0n) is 31.9. The van der Waals surface area contributed by atoms with E-state index in [-0.39, 0.29) is 27.0 Å². The molecule has 2 aliphatic heterocycles. The van der Waals surface area contributed by atoms with Crippen LogP contribution in [0.5, 0.6) is 0 Å². The number of carbonyl (C=O) groups is 2. The van der Waals surface area contributed by atoms with E-state index in [2.05, 4.69) is 32.1 Å². The van der Waals surface area contributed by atoms with E-state index in [4.69, 9.17) is 14.2 Å². The van der Waals surface area contributed by atoms with Crippen LogP contribution in [0.1, 0.15) is 93.2 Å². The van der Waals surface area contributed by atoms with E-state index in [0.29, 0.717) is 50.7 Å². The first-order chi connectivity index (χ1) is 25.1. The van der Waals surface area contributed by atoms with E-state index in [1.165, 1.54) is 0 Å². The van der Waals surface area contributed by atoms with E-state index in [1.807, 2.05) is 77.9 Å². The summed E-state index contributed by atoms with van der Waals surface area (Å²) in [7, 11) is 1.73.